The van der Waals surface area contributed by atoms with Crippen LogP contribution in [0.2, 0.25) is 5.02 Å². The molecule has 40 heavy (non-hydrogen) atoms. The predicted molar refractivity (Wildman–Crippen MR) is 162 cm³/mol. The maximum Gasteiger partial charge on any atom is 0.261 e. The summed E-state index contributed by atoms with van der Waals surface area (Å²) < 4.78 is 6.15. The van der Waals surface area contributed by atoms with Crippen molar-refractivity contribution in [3.8, 4) is 5.75 Å². The third-order valence-electron chi connectivity index (χ3n) is 7.54. The van der Waals surface area contributed by atoms with Crippen molar-refractivity contribution in [1.29, 1.82) is 0 Å². The molecular weight excluding hydrogens is 520 g/mol. The van der Waals surface area contributed by atoms with Gasteiger partial charge in [-0.15, -0.1) is 0 Å². The minimum absolute atomic E-state index is 0.117. The highest BCUT2D eigenvalue weighted by atomic mass is 35.5. The fourth-order valence-electron chi connectivity index (χ4n) is 5.32. The molecule has 0 aromatic heterocycles. The fourth-order valence-corrected chi connectivity index (χ4v) is 5.45. The van der Waals surface area contributed by atoms with E-state index in [-0.39, 0.29) is 36.4 Å². The van der Waals surface area contributed by atoms with E-state index in [4.69, 9.17) is 16.3 Å². The van der Waals surface area contributed by atoms with E-state index >= 15 is 0 Å². The molecule has 0 unspecified atom stereocenters. The van der Waals surface area contributed by atoms with Gasteiger partial charge in [-0.1, -0.05) is 112 Å². The highest BCUT2D eigenvalue weighted by Gasteiger charge is 2.32. The Morgan fingerprint density at radius 1 is 0.900 bits per heavy atom. The molecule has 4 rings (SSSR count). The van der Waals surface area contributed by atoms with E-state index in [0.29, 0.717) is 17.2 Å². The number of nitrogens with one attached hydrogen (secondary N) is 1. The number of amides is 2. The van der Waals surface area contributed by atoms with Crippen LogP contribution in [0.25, 0.3) is 0 Å². The smallest absolute Gasteiger partial charge is 0.261 e. The van der Waals surface area contributed by atoms with Gasteiger partial charge in [-0.05, 0) is 53.1 Å². The van der Waals surface area contributed by atoms with E-state index in [0.717, 1.165) is 42.4 Å². The van der Waals surface area contributed by atoms with Crippen LogP contribution < -0.4 is 10.1 Å². The number of carbonyl (C=O) groups is 2. The van der Waals surface area contributed by atoms with Crippen molar-refractivity contribution in [2.75, 3.05) is 6.61 Å². The summed E-state index contributed by atoms with van der Waals surface area (Å²) in [6.07, 6.45) is 5.79. The van der Waals surface area contributed by atoms with Gasteiger partial charge in [0.15, 0.2) is 6.61 Å². The summed E-state index contributed by atoms with van der Waals surface area (Å²) in [4.78, 5) is 29.5. The number of nitrogens with zero attached hydrogens (tertiary/aromatic N) is 1. The first-order valence-corrected chi connectivity index (χ1v) is 14.7. The van der Waals surface area contributed by atoms with E-state index in [2.05, 4.69) is 26.1 Å². The standard InChI is InChI=1S/C34H41ClN2O3/c1-34(2,3)29-16-10-11-17-31(29)40-24-32(38)37(23-26-18-20-27(35)21-19-26)30(22-25-12-6-4-7-13-25)33(39)36-28-14-8-5-9-15-28/h4,6-7,10-13,16-21,28,30H,5,8-9,14-15,22-24H2,1-3H3,(H,36,39)/t30-/m1/s1. The average molecular weight is 561 g/mol. The van der Waals surface area contributed by atoms with Crippen LogP contribution >= 0.6 is 11.6 Å². The lowest BCUT2D eigenvalue weighted by Gasteiger charge is -2.33. The van der Waals surface area contributed by atoms with Crippen LogP contribution in [-0.4, -0.2) is 35.4 Å². The van der Waals surface area contributed by atoms with Crippen molar-refractivity contribution in [3.63, 3.8) is 0 Å². The summed E-state index contributed by atoms with van der Waals surface area (Å²) >= 11 is 6.14. The molecule has 0 heterocycles. The summed E-state index contributed by atoms with van der Waals surface area (Å²) in [5.74, 6) is 0.326. The Bertz CT molecular complexity index is 1250. The lowest BCUT2D eigenvalue weighted by atomic mass is 9.86. The molecule has 5 nitrogen and oxygen atoms in total. The molecule has 1 N–H and O–H groups in total. The zero-order chi connectivity index (χ0) is 28.5. The maximum atomic E-state index is 14.0. The van der Waals surface area contributed by atoms with Crippen molar-refractivity contribution >= 4 is 23.4 Å². The molecule has 1 aliphatic carbocycles. The van der Waals surface area contributed by atoms with Crippen LogP contribution in [0.4, 0.5) is 0 Å². The van der Waals surface area contributed by atoms with Crippen LogP contribution in [0.15, 0.2) is 78.9 Å². The summed E-state index contributed by atoms with van der Waals surface area (Å²) in [6, 6.07) is 24.6. The number of hydrogen-bond donors (Lipinski definition) is 1. The Hall–Kier alpha value is -3.31. The molecule has 0 spiro atoms. The van der Waals surface area contributed by atoms with E-state index in [1.165, 1.54) is 6.42 Å². The molecule has 3 aromatic carbocycles. The van der Waals surface area contributed by atoms with Crippen molar-refractivity contribution in [2.24, 2.45) is 0 Å². The quantitative estimate of drug-likeness (QED) is 0.287. The van der Waals surface area contributed by atoms with Gasteiger partial charge in [0.1, 0.15) is 11.8 Å². The normalized spacial score (nSPS) is 14.8. The van der Waals surface area contributed by atoms with Gasteiger partial charge < -0.3 is 15.0 Å². The number of benzene rings is 3. The van der Waals surface area contributed by atoms with E-state index in [9.17, 15) is 9.59 Å². The monoisotopic (exact) mass is 560 g/mol. The molecule has 1 saturated carbocycles. The third kappa shape index (κ3) is 8.34. The molecule has 6 heteroatoms. The molecule has 1 fully saturated rings. The SMILES string of the molecule is CC(C)(C)c1ccccc1OCC(=O)N(Cc1ccc(Cl)cc1)[C@H](Cc1ccccc1)C(=O)NC1CCCCC1. The molecular formula is C34H41ClN2O3. The van der Waals surface area contributed by atoms with Gasteiger partial charge >= 0.3 is 0 Å². The van der Waals surface area contributed by atoms with Crippen molar-refractivity contribution < 1.29 is 14.3 Å². The molecule has 0 radical (unpaired) electrons. The molecule has 0 saturated heterocycles. The zero-order valence-corrected chi connectivity index (χ0v) is 24.6. The van der Waals surface area contributed by atoms with Crippen LogP contribution in [0.5, 0.6) is 5.75 Å². The lowest BCUT2D eigenvalue weighted by molar-refractivity contribution is -0.143. The van der Waals surface area contributed by atoms with Gasteiger partial charge in [0.05, 0.1) is 0 Å². The fraction of sp³-hybridized carbons (Fsp3) is 0.412. The average Bonchev–Trinajstić information content (AvgIpc) is 2.95. The lowest BCUT2D eigenvalue weighted by Crippen LogP contribution is -2.53. The van der Waals surface area contributed by atoms with E-state index < -0.39 is 6.04 Å². The number of carbonyl (C=O) groups excluding carboxylic acids is 2. The van der Waals surface area contributed by atoms with Gasteiger partial charge in [0.25, 0.3) is 5.91 Å². The Morgan fingerprint density at radius 2 is 1.55 bits per heavy atom. The van der Waals surface area contributed by atoms with Crippen LogP contribution in [-0.2, 0) is 28.0 Å². The number of hydrogen-bond acceptors (Lipinski definition) is 3. The number of rotatable bonds is 10. The Kier molecular flexibility index (Phi) is 10.3. The Balaban J connectivity index is 1.63. The van der Waals surface area contributed by atoms with E-state index in [1.54, 1.807) is 4.90 Å². The van der Waals surface area contributed by atoms with Crippen molar-refractivity contribution in [2.45, 2.75) is 83.3 Å². The molecule has 2 amide bonds. The molecule has 0 aliphatic heterocycles. The number of ether oxygens (including phenoxy) is 1. The first kappa shape index (κ1) is 29.7. The second kappa shape index (κ2) is 13.8. The third-order valence-corrected chi connectivity index (χ3v) is 7.79. The van der Waals surface area contributed by atoms with Gasteiger partial charge in [0, 0.05) is 24.0 Å². The highest BCUT2D eigenvalue weighted by molar-refractivity contribution is 6.30. The number of para-hydroxylation sites is 1. The minimum atomic E-state index is -0.686. The highest BCUT2D eigenvalue weighted by Crippen LogP contribution is 2.31. The summed E-state index contributed by atoms with van der Waals surface area (Å²) in [5.41, 5.74) is 2.79. The molecule has 1 aliphatic rings. The minimum Gasteiger partial charge on any atom is -0.483 e. The Labute approximate surface area is 243 Å². The van der Waals surface area contributed by atoms with Gasteiger partial charge in [-0.3, -0.25) is 9.59 Å². The number of halogens is 1. The first-order valence-electron chi connectivity index (χ1n) is 14.3. The first-order chi connectivity index (χ1) is 19.2. The predicted octanol–water partition coefficient (Wildman–Crippen LogP) is 7.11. The van der Waals surface area contributed by atoms with Gasteiger partial charge in [-0.2, -0.15) is 0 Å². The molecule has 0 bridgehead atoms. The second-order valence-corrected chi connectivity index (χ2v) is 12.2. The van der Waals surface area contributed by atoms with Crippen molar-refractivity contribution in [1.82, 2.24) is 10.2 Å². The summed E-state index contributed by atoms with van der Waals surface area (Å²) in [5, 5.41) is 3.90. The molecule has 1 atom stereocenters. The van der Waals surface area contributed by atoms with Crippen LogP contribution in [0.3, 0.4) is 0 Å². The second-order valence-electron chi connectivity index (χ2n) is 11.7. The summed E-state index contributed by atoms with van der Waals surface area (Å²) in [7, 11) is 0. The summed E-state index contributed by atoms with van der Waals surface area (Å²) in [6.45, 7) is 6.47. The van der Waals surface area contributed by atoms with Crippen molar-refractivity contribution in [3.05, 3.63) is 101 Å². The van der Waals surface area contributed by atoms with Crippen LogP contribution in [0, 0.1) is 0 Å². The van der Waals surface area contributed by atoms with Gasteiger partial charge in [0.2, 0.25) is 5.91 Å². The molecule has 212 valence electrons. The van der Waals surface area contributed by atoms with E-state index in [1.807, 2.05) is 78.9 Å². The molecule has 3 aromatic rings. The maximum absolute atomic E-state index is 14.0. The van der Waals surface area contributed by atoms with Crippen LogP contribution in [0.1, 0.15) is 69.6 Å². The largest absolute Gasteiger partial charge is 0.483 e. The zero-order valence-electron chi connectivity index (χ0n) is 23.9. The topological polar surface area (TPSA) is 58.6 Å². The Morgan fingerprint density at radius 3 is 2.23 bits per heavy atom. The van der Waals surface area contributed by atoms with Gasteiger partial charge in [-0.25, -0.2) is 0 Å².